The number of hydrogen-bond donors (Lipinski definition) is 0. The molecule has 0 aliphatic carbocycles. The molecule has 0 bridgehead atoms. The fraction of sp³-hybridized carbons (Fsp3) is 0.143. The summed E-state index contributed by atoms with van der Waals surface area (Å²) in [5.41, 5.74) is 5.10. The summed E-state index contributed by atoms with van der Waals surface area (Å²) >= 11 is 0. The highest BCUT2D eigenvalue weighted by molar-refractivity contribution is 5.77. The van der Waals surface area contributed by atoms with Gasteiger partial charge < -0.3 is 4.40 Å². The zero-order valence-corrected chi connectivity index (χ0v) is 10.3. The molecule has 0 aliphatic heterocycles. The number of hydrogen-bond acceptors (Lipinski definition) is 2. The molecule has 3 aromatic rings. The van der Waals surface area contributed by atoms with Gasteiger partial charge in [0.1, 0.15) is 0 Å². The molecule has 3 rings (SSSR count). The van der Waals surface area contributed by atoms with E-state index in [1.165, 1.54) is 0 Å². The van der Waals surface area contributed by atoms with E-state index in [9.17, 15) is 4.79 Å². The van der Waals surface area contributed by atoms with Crippen molar-refractivity contribution in [2.75, 3.05) is 0 Å². The smallest absolute Gasteiger partial charge is 0.151 e. The van der Waals surface area contributed by atoms with Crippen molar-refractivity contribution in [3.8, 4) is 11.1 Å². The van der Waals surface area contributed by atoms with Crippen LogP contribution in [0.1, 0.15) is 16.1 Å². The minimum atomic E-state index is 0.674. The van der Waals surface area contributed by atoms with E-state index in [0.717, 1.165) is 28.6 Å². The lowest BCUT2D eigenvalue weighted by atomic mass is 10.1. The number of nitrogens with zero attached hydrogens (tertiary/aromatic N) is 3. The van der Waals surface area contributed by atoms with Crippen molar-refractivity contribution < 1.29 is 4.79 Å². The summed E-state index contributed by atoms with van der Waals surface area (Å²) < 4.78 is 3.82. The van der Waals surface area contributed by atoms with Crippen molar-refractivity contribution in [2.45, 2.75) is 6.92 Å². The molecule has 0 saturated heterocycles. The van der Waals surface area contributed by atoms with E-state index < -0.39 is 0 Å². The number of fused-ring (bicyclic) bond motifs is 1. The largest absolute Gasteiger partial charge is 0.323 e. The number of rotatable bonds is 2. The molecule has 18 heavy (non-hydrogen) atoms. The van der Waals surface area contributed by atoms with Gasteiger partial charge in [-0.25, -0.2) is 0 Å². The maximum atomic E-state index is 10.8. The van der Waals surface area contributed by atoms with Crippen LogP contribution in [0.25, 0.3) is 16.6 Å². The fourth-order valence-corrected chi connectivity index (χ4v) is 2.13. The highest BCUT2D eigenvalue weighted by Crippen LogP contribution is 2.25. The minimum Gasteiger partial charge on any atom is -0.323 e. The lowest BCUT2D eigenvalue weighted by Crippen LogP contribution is -1.92. The molecule has 0 atom stereocenters. The van der Waals surface area contributed by atoms with E-state index in [-0.39, 0.29) is 0 Å². The molecule has 0 saturated carbocycles. The monoisotopic (exact) mass is 239 g/mol. The van der Waals surface area contributed by atoms with Crippen molar-refractivity contribution in [3.63, 3.8) is 0 Å². The Morgan fingerprint density at radius 1 is 1.28 bits per heavy atom. The van der Waals surface area contributed by atoms with E-state index in [4.69, 9.17) is 0 Å². The highest BCUT2D eigenvalue weighted by Gasteiger charge is 2.08. The van der Waals surface area contributed by atoms with Crippen molar-refractivity contribution >= 4 is 11.8 Å². The lowest BCUT2D eigenvalue weighted by molar-refractivity contribution is 0.112. The molecule has 0 aliphatic rings. The Morgan fingerprint density at radius 2 is 2.11 bits per heavy atom. The molecule has 4 nitrogen and oxygen atoms in total. The van der Waals surface area contributed by atoms with Gasteiger partial charge in [-0.2, -0.15) is 5.10 Å². The second kappa shape index (κ2) is 3.84. The quantitative estimate of drug-likeness (QED) is 0.644. The number of pyridine rings is 1. The average Bonchev–Trinajstić information content (AvgIpc) is 2.93. The molecule has 0 radical (unpaired) electrons. The SMILES string of the molecule is Cc1c(-c2cc3ccc(C=O)cn3c2)cnn1C. The predicted molar refractivity (Wildman–Crippen MR) is 69.7 cm³/mol. The van der Waals surface area contributed by atoms with Gasteiger partial charge in [0.05, 0.1) is 6.20 Å². The average molecular weight is 239 g/mol. The number of aryl methyl sites for hydroxylation is 1. The Kier molecular flexibility index (Phi) is 2.30. The highest BCUT2D eigenvalue weighted by atomic mass is 16.1. The predicted octanol–water partition coefficient (Wildman–Crippen LogP) is 2.46. The summed E-state index contributed by atoms with van der Waals surface area (Å²) in [6, 6.07) is 5.86. The summed E-state index contributed by atoms with van der Waals surface area (Å²) in [4.78, 5) is 10.8. The van der Waals surface area contributed by atoms with E-state index >= 15 is 0 Å². The normalized spacial score (nSPS) is 11.0. The molecular formula is C14H13N3O. The molecule has 4 heteroatoms. The number of carbonyl (C=O) groups excluding carboxylic acids is 1. The van der Waals surface area contributed by atoms with Gasteiger partial charge in [-0.3, -0.25) is 9.48 Å². The third kappa shape index (κ3) is 1.54. The topological polar surface area (TPSA) is 39.3 Å². The second-order valence-electron chi connectivity index (χ2n) is 4.41. The Hall–Kier alpha value is -2.36. The second-order valence-corrected chi connectivity index (χ2v) is 4.41. The molecule has 0 unspecified atom stereocenters. The molecule has 90 valence electrons. The first-order valence-corrected chi connectivity index (χ1v) is 5.75. The van der Waals surface area contributed by atoms with Crippen molar-refractivity contribution in [1.82, 2.24) is 14.2 Å². The van der Waals surface area contributed by atoms with Crippen LogP contribution in [0.5, 0.6) is 0 Å². The van der Waals surface area contributed by atoms with E-state index in [1.54, 1.807) is 0 Å². The van der Waals surface area contributed by atoms with Gasteiger partial charge in [-0.05, 0) is 25.1 Å². The summed E-state index contributed by atoms with van der Waals surface area (Å²) in [7, 11) is 1.93. The lowest BCUT2D eigenvalue weighted by Gasteiger charge is -1.96. The summed E-state index contributed by atoms with van der Waals surface area (Å²) in [5.74, 6) is 0. The van der Waals surface area contributed by atoms with Gasteiger partial charge in [0.2, 0.25) is 0 Å². The van der Waals surface area contributed by atoms with Gasteiger partial charge in [-0.15, -0.1) is 0 Å². The minimum absolute atomic E-state index is 0.674. The third-order valence-electron chi connectivity index (χ3n) is 3.30. The van der Waals surface area contributed by atoms with Crippen LogP contribution in [-0.4, -0.2) is 20.5 Å². The van der Waals surface area contributed by atoms with Crippen LogP contribution in [0.3, 0.4) is 0 Å². The van der Waals surface area contributed by atoms with Crippen LogP contribution in [0, 0.1) is 6.92 Å². The molecule has 0 spiro atoms. The molecule has 0 N–H and O–H groups in total. The van der Waals surface area contributed by atoms with Crippen LogP contribution >= 0.6 is 0 Å². The molecule has 0 amide bonds. The van der Waals surface area contributed by atoms with Crippen LogP contribution in [0.15, 0.2) is 36.8 Å². The third-order valence-corrected chi connectivity index (χ3v) is 3.30. The van der Waals surface area contributed by atoms with Gasteiger partial charge in [-0.1, -0.05) is 0 Å². The first-order valence-electron chi connectivity index (χ1n) is 5.75. The van der Waals surface area contributed by atoms with E-state index in [0.29, 0.717) is 5.56 Å². The molecule has 0 aromatic carbocycles. The maximum Gasteiger partial charge on any atom is 0.151 e. The van der Waals surface area contributed by atoms with Gasteiger partial charge >= 0.3 is 0 Å². The Bertz CT molecular complexity index is 737. The Morgan fingerprint density at radius 3 is 2.78 bits per heavy atom. The van der Waals surface area contributed by atoms with Crippen LogP contribution < -0.4 is 0 Å². The van der Waals surface area contributed by atoms with E-state index in [1.807, 2.05) is 53.8 Å². The first kappa shape index (κ1) is 10.8. The zero-order chi connectivity index (χ0) is 12.7. The summed E-state index contributed by atoms with van der Waals surface area (Å²) in [5, 5.41) is 4.25. The van der Waals surface area contributed by atoms with E-state index in [2.05, 4.69) is 11.2 Å². The van der Waals surface area contributed by atoms with Crippen molar-refractivity contribution in [2.24, 2.45) is 7.05 Å². The van der Waals surface area contributed by atoms with Gasteiger partial charge in [0.25, 0.3) is 0 Å². The summed E-state index contributed by atoms with van der Waals surface area (Å²) in [6.07, 6.45) is 6.57. The Labute approximate surface area is 104 Å². The van der Waals surface area contributed by atoms with Crippen molar-refractivity contribution in [1.29, 1.82) is 0 Å². The zero-order valence-electron chi connectivity index (χ0n) is 10.3. The number of aromatic nitrogens is 3. The Balaban J connectivity index is 2.19. The molecular weight excluding hydrogens is 226 g/mol. The van der Waals surface area contributed by atoms with Gasteiger partial charge in [0.15, 0.2) is 6.29 Å². The fourth-order valence-electron chi connectivity index (χ4n) is 2.13. The van der Waals surface area contributed by atoms with Gasteiger partial charge in [0, 0.05) is 47.3 Å². The van der Waals surface area contributed by atoms with Crippen molar-refractivity contribution in [3.05, 3.63) is 48.0 Å². The van der Waals surface area contributed by atoms with Crippen LogP contribution in [0.2, 0.25) is 0 Å². The summed E-state index contributed by atoms with van der Waals surface area (Å²) in [6.45, 7) is 2.04. The maximum absolute atomic E-state index is 10.8. The standard InChI is InChI=1S/C14H13N3O/c1-10-14(6-15-16(10)2)12-5-13-4-3-11(9-18)7-17(13)8-12/h3-9H,1-2H3. The van der Waals surface area contributed by atoms with Crippen LogP contribution in [-0.2, 0) is 7.05 Å². The molecule has 3 aromatic heterocycles. The first-order chi connectivity index (χ1) is 8.69. The molecule has 3 heterocycles. The molecule has 0 fully saturated rings. The number of aldehydes is 1. The van der Waals surface area contributed by atoms with Crippen LogP contribution in [0.4, 0.5) is 0 Å². The number of carbonyl (C=O) groups is 1.